The van der Waals surface area contributed by atoms with E-state index < -0.39 is 0 Å². The normalized spacial score (nSPS) is 25.7. The lowest BCUT2D eigenvalue weighted by atomic mass is 9.83. The summed E-state index contributed by atoms with van der Waals surface area (Å²) >= 11 is 0. The highest BCUT2D eigenvalue weighted by molar-refractivity contribution is 5.96. The second-order valence-electron chi connectivity index (χ2n) is 12.1. The van der Waals surface area contributed by atoms with Gasteiger partial charge in [-0.15, -0.1) is 0 Å². The molecule has 7 nitrogen and oxygen atoms in total. The molecule has 0 radical (unpaired) electrons. The predicted octanol–water partition coefficient (Wildman–Crippen LogP) is 3.71. The number of carbonyl (C=O) groups is 1. The molecule has 3 aliphatic heterocycles. The molecule has 1 amide bonds. The summed E-state index contributed by atoms with van der Waals surface area (Å²) in [5, 5.41) is 3.68. The van der Waals surface area contributed by atoms with Crippen LogP contribution >= 0.6 is 0 Å². The fraction of sp³-hybridized carbons (Fsp3) is 0.645. The fourth-order valence-corrected chi connectivity index (χ4v) is 7.14. The number of piperazine rings is 1. The van der Waals surface area contributed by atoms with Crippen LogP contribution in [-0.2, 0) is 6.42 Å². The molecule has 5 rings (SSSR count). The molecule has 2 aromatic rings. The van der Waals surface area contributed by atoms with E-state index in [0.717, 1.165) is 76.5 Å². The van der Waals surface area contributed by atoms with Crippen molar-refractivity contribution in [2.75, 3.05) is 45.8 Å². The lowest BCUT2D eigenvalue weighted by Gasteiger charge is -2.54. The van der Waals surface area contributed by atoms with E-state index in [9.17, 15) is 4.79 Å². The van der Waals surface area contributed by atoms with Gasteiger partial charge in [-0.1, -0.05) is 30.3 Å². The standard InChI is InChI=1S/C31H46N6O/c1-23-21-36(31(4)12-15-35(16-13-31)30(38)29-24(2)33-22-34-25(29)3)17-18-37(23)28(27-11-8-14-32-20-27)19-26-9-6-5-7-10-26/h5-7,9-10,22-23,27-28,32H,8,11-21H2,1-4H3/t23-,27?,28?/m0/s1. The van der Waals surface area contributed by atoms with Crippen molar-refractivity contribution >= 4 is 5.91 Å². The van der Waals surface area contributed by atoms with Crippen molar-refractivity contribution in [1.82, 2.24) is 30.0 Å². The number of likely N-dealkylation sites (tertiary alicyclic amines) is 1. The second kappa shape index (κ2) is 11.8. The first-order valence-electron chi connectivity index (χ1n) is 14.7. The van der Waals surface area contributed by atoms with Gasteiger partial charge in [-0.25, -0.2) is 9.97 Å². The van der Waals surface area contributed by atoms with Crippen molar-refractivity contribution in [2.45, 2.75) is 77.4 Å². The van der Waals surface area contributed by atoms with E-state index in [2.05, 4.69) is 69.3 Å². The third kappa shape index (κ3) is 5.80. The van der Waals surface area contributed by atoms with Crippen molar-refractivity contribution < 1.29 is 4.79 Å². The molecule has 38 heavy (non-hydrogen) atoms. The summed E-state index contributed by atoms with van der Waals surface area (Å²) in [6.45, 7) is 15.9. The molecule has 3 saturated heterocycles. The highest BCUT2D eigenvalue weighted by Gasteiger charge is 2.42. The van der Waals surface area contributed by atoms with E-state index >= 15 is 0 Å². The topological polar surface area (TPSA) is 64.6 Å². The van der Waals surface area contributed by atoms with Gasteiger partial charge in [0.1, 0.15) is 6.33 Å². The number of piperidine rings is 2. The summed E-state index contributed by atoms with van der Waals surface area (Å²) in [6.07, 6.45) is 7.31. The summed E-state index contributed by atoms with van der Waals surface area (Å²) < 4.78 is 0. The molecule has 1 aromatic carbocycles. The van der Waals surface area contributed by atoms with Crippen molar-refractivity contribution in [3.63, 3.8) is 0 Å². The van der Waals surface area contributed by atoms with E-state index in [1.54, 1.807) is 6.33 Å². The molecule has 0 spiro atoms. The number of aryl methyl sites for hydroxylation is 2. The van der Waals surface area contributed by atoms with Crippen LogP contribution in [0.5, 0.6) is 0 Å². The number of nitrogens with zero attached hydrogens (tertiary/aromatic N) is 5. The number of amides is 1. The molecule has 0 aliphatic carbocycles. The Morgan fingerprint density at radius 1 is 1.08 bits per heavy atom. The molecule has 3 fully saturated rings. The Morgan fingerprint density at radius 2 is 1.79 bits per heavy atom. The molecule has 1 N–H and O–H groups in total. The molecule has 206 valence electrons. The van der Waals surface area contributed by atoms with E-state index in [-0.39, 0.29) is 11.4 Å². The minimum absolute atomic E-state index is 0.0886. The zero-order chi connectivity index (χ0) is 26.7. The van der Waals surface area contributed by atoms with E-state index in [4.69, 9.17) is 0 Å². The predicted molar refractivity (Wildman–Crippen MR) is 152 cm³/mol. The number of hydrogen-bond donors (Lipinski definition) is 1. The molecule has 7 heteroatoms. The number of hydrogen-bond acceptors (Lipinski definition) is 6. The molecule has 3 aliphatic rings. The second-order valence-corrected chi connectivity index (χ2v) is 12.1. The maximum atomic E-state index is 13.3. The molecule has 1 aromatic heterocycles. The van der Waals surface area contributed by atoms with Crippen LogP contribution in [0.15, 0.2) is 36.7 Å². The number of aromatic nitrogens is 2. The van der Waals surface area contributed by atoms with Gasteiger partial charge in [0.05, 0.1) is 17.0 Å². The van der Waals surface area contributed by atoms with Gasteiger partial charge in [0.2, 0.25) is 0 Å². The van der Waals surface area contributed by atoms with Gasteiger partial charge in [0.25, 0.3) is 5.91 Å². The van der Waals surface area contributed by atoms with Gasteiger partial charge < -0.3 is 10.2 Å². The Balaban J connectivity index is 1.23. The smallest absolute Gasteiger partial charge is 0.257 e. The minimum Gasteiger partial charge on any atom is -0.338 e. The number of rotatable bonds is 6. The monoisotopic (exact) mass is 518 g/mol. The molecular formula is C31H46N6O. The first-order valence-corrected chi connectivity index (χ1v) is 14.7. The van der Waals surface area contributed by atoms with Crippen LogP contribution in [0.3, 0.4) is 0 Å². The SMILES string of the molecule is Cc1ncnc(C)c1C(=O)N1CCC(C)(N2CCN(C(Cc3ccccc3)C3CCCNC3)[C@@H](C)C2)CC1. The summed E-state index contributed by atoms with van der Waals surface area (Å²) in [7, 11) is 0. The maximum absolute atomic E-state index is 13.3. The zero-order valence-corrected chi connectivity index (χ0v) is 23.8. The van der Waals surface area contributed by atoms with Gasteiger partial charge in [0, 0.05) is 50.3 Å². The molecule has 3 atom stereocenters. The van der Waals surface area contributed by atoms with Crippen molar-refractivity contribution in [2.24, 2.45) is 5.92 Å². The Hall–Kier alpha value is -2.35. The highest BCUT2D eigenvalue weighted by Crippen LogP contribution is 2.33. The fourth-order valence-electron chi connectivity index (χ4n) is 7.14. The van der Waals surface area contributed by atoms with Crippen molar-refractivity contribution in [1.29, 1.82) is 0 Å². The maximum Gasteiger partial charge on any atom is 0.257 e. The Bertz CT molecular complexity index is 1060. The van der Waals surface area contributed by atoms with Crippen LogP contribution in [-0.4, -0.2) is 94.0 Å². The number of nitrogens with one attached hydrogen (secondary N) is 1. The lowest BCUT2D eigenvalue weighted by Crippen LogP contribution is -2.64. The lowest BCUT2D eigenvalue weighted by molar-refractivity contribution is -0.0394. The summed E-state index contributed by atoms with van der Waals surface area (Å²) in [5.41, 5.74) is 3.82. The van der Waals surface area contributed by atoms with Crippen LogP contribution in [0.1, 0.15) is 66.8 Å². The Morgan fingerprint density at radius 3 is 2.42 bits per heavy atom. The third-order valence-electron chi connectivity index (χ3n) is 9.60. The minimum atomic E-state index is 0.0886. The van der Waals surface area contributed by atoms with Crippen LogP contribution in [0.4, 0.5) is 0 Å². The quantitative estimate of drug-likeness (QED) is 0.629. The van der Waals surface area contributed by atoms with Crippen molar-refractivity contribution in [3.05, 3.63) is 59.2 Å². The molecule has 4 heterocycles. The van der Waals surface area contributed by atoms with Gasteiger partial charge in [0.15, 0.2) is 0 Å². The molecule has 0 saturated carbocycles. The van der Waals surface area contributed by atoms with Crippen LogP contribution in [0.25, 0.3) is 0 Å². The molecule has 2 unspecified atom stereocenters. The number of carbonyl (C=O) groups excluding carboxylic acids is 1. The summed E-state index contributed by atoms with van der Waals surface area (Å²) in [4.78, 5) is 29.4. The Kier molecular flexibility index (Phi) is 8.46. The van der Waals surface area contributed by atoms with Crippen LogP contribution < -0.4 is 5.32 Å². The van der Waals surface area contributed by atoms with Gasteiger partial charge in [-0.3, -0.25) is 14.6 Å². The average Bonchev–Trinajstić information content (AvgIpc) is 2.93. The van der Waals surface area contributed by atoms with Gasteiger partial charge in [-0.05, 0) is 84.4 Å². The van der Waals surface area contributed by atoms with Crippen LogP contribution in [0, 0.1) is 19.8 Å². The van der Waals surface area contributed by atoms with Gasteiger partial charge in [-0.2, -0.15) is 0 Å². The Labute approximate surface area is 229 Å². The highest BCUT2D eigenvalue weighted by atomic mass is 16.2. The van der Waals surface area contributed by atoms with E-state index in [1.165, 1.54) is 18.4 Å². The van der Waals surface area contributed by atoms with Crippen LogP contribution in [0.2, 0.25) is 0 Å². The molecule has 0 bridgehead atoms. The summed E-state index contributed by atoms with van der Waals surface area (Å²) in [5.74, 6) is 0.794. The largest absolute Gasteiger partial charge is 0.338 e. The first-order chi connectivity index (χ1) is 18.4. The van der Waals surface area contributed by atoms with E-state index in [0.29, 0.717) is 23.6 Å². The number of benzene rings is 1. The third-order valence-corrected chi connectivity index (χ3v) is 9.60. The average molecular weight is 519 g/mol. The van der Waals surface area contributed by atoms with Crippen molar-refractivity contribution in [3.8, 4) is 0 Å². The zero-order valence-electron chi connectivity index (χ0n) is 23.8. The first kappa shape index (κ1) is 27.2. The molecular weight excluding hydrogens is 472 g/mol. The van der Waals surface area contributed by atoms with E-state index in [1.807, 2.05) is 18.7 Å². The summed E-state index contributed by atoms with van der Waals surface area (Å²) in [6, 6.07) is 12.2. The van der Waals surface area contributed by atoms with Gasteiger partial charge >= 0.3 is 0 Å².